The van der Waals surface area contributed by atoms with E-state index in [-0.39, 0.29) is 6.61 Å². The van der Waals surface area contributed by atoms with E-state index in [1.807, 2.05) is 0 Å². The standard InChI is InChI=1S/C10H23NO3/c1-10(2)11-4-7-14-9-8-13-6-3-5-12/h10-12H,3-9H2,1-2H3. The Morgan fingerprint density at radius 3 is 2.29 bits per heavy atom. The minimum absolute atomic E-state index is 0.194. The molecule has 0 spiro atoms. The molecule has 0 unspecified atom stereocenters. The molecule has 86 valence electrons. The van der Waals surface area contributed by atoms with Crippen molar-refractivity contribution in [2.24, 2.45) is 0 Å². The summed E-state index contributed by atoms with van der Waals surface area (Å²) in [6.45, 7) is 7.88. The highest BCUT2D eigenvalue weighted by Gasteiger charge is 1.92. The lowest BCUT2D eigenvalue weighted by Gasteiger charge is -2.08. The van der Waals surface area contributed by atoms with Crippen molar-refractivity contribution in [1.82, 2.24) is 5.32 Å². The summed E-state index contributed by atoms with van der Waals surface area (Å²) in [6.07, 6.45) is 0.703. The first-order valence-electron chi connectivity index (χ1n) is 5.27. The van der Waals surface area contributed by atoms with Crippen LogP contribution >= 0.6 is 0 Å². The number of hydrogen-bond donors (Lipinski definition) is 2. The van der Waals surface area contributed by atoms with Crippen LogP contribution in [0.25, 0.3) is 0 Å². The molecule has 0 atom stereocenters. The van der Waals surface area contributed by atoms with Gasteiger partial charge >= 0.3 is 0 Å². The monoisotopic (exact) mass is 205 g/mol. The van der Waals surface area contributed by atoms with Gasteiger partial charge in [-0.05, 0) is 6.42 Å². The van der Waals surface area contributed by atoms with E-state index in [1.54, 1.807) is 0 Å². The van der Waals surface area contributed by atoms with Gasteiger partial charge < -0.3 is 19.9 Å². The molecule has 14 heavy (non-hydrogen) atoms. The Kier molecular flexibility index (Phi) is 10.8. The molecule has 4 heteroatoms. The fraction of sp³-hybridized carbons (Fsp3) is 1.00. The summed E-state index contributed by atoms with van der Waals surface area (Å²) in [5, 5.41) is 11.7. The summed E-state index contributed by atoms with van der Waals surface area (Å²) in [6, 6.07) is 0.513. The molecule has 0 aromatic heterocycles. The van der Waals surface area contributed by atoms with Crippen LogP contribution in [0.15, 0.2) is 0 Å². The predicted molar refractivity (Wildman–Crippen MR) is 56.5 cm³/mol. The molecule has 0 saturated heterocycles. The minimum atomic E-state index is 0.194. The topological polar surface area (TPSA) is 50.7 Å². The molecule has 0 radical (unpaired) electrons. The van der Waals surface area contributed by atoms with E-state index in [4.69, 9.17) is 14.6 Å². The summed E-state index contributed by atoms with van der Waals surface area (Å²) in [5.41, 5.74) is 0. The summed E-state index contributed by atoms with van der Waals surface area (Å²) in [7, 11) is 0. The van der Waals surface area contributed by atoms with E-state index in [9.17, 15) is 0 Å². The molecule has 0 fully saturated rings. The predicted octanol–water partition coefficient (Wildman–Crippen LogP) is 0.400. The van der Waals surface area contributed by atoms with Gasteiger partial charge in [-0.3, -0.25) is 0 Å². The first-order valence-corrected chi connectivity index (χ1v) is 5.27. The van der Waals surface area contributed by atoms with Crippen LogP contribution in [-0.4, -0.2) is 50.7 Å². The van der Waals surface area contributed by atoms with Crippen molar-refractivity contribution in [3.05, 3.63) is 0 Å². The minimum Gasteiger partial charge on any atom is -0.396 e. The summed E-state index contributed by atoms with van der Waals surface area (Å²) < 4.78 is 10.5. The zero-order valence-electron chi connectivity index (χ0n) is 9.29. The third-order valence-corrected chi connectivity index (χ3v) is 1.62. The van der Waals surface area contributed by atoms with Gasteiger partial charge in [-0.1, -0.05) is 13.8 Å². The SMILES string of the molecule is CC(C)NCCOCCOCCCO. The summed E-state index contributed by atoms with van der Waals surface area (Å²) in [5.74, 6) is 0. The molecule has 0 aliphatic carbocycles. The average Bonchev–Trinajstić information content (AvgIpc) is 2.15. The van der Waals surface area contributed by atoms with Gasteiger partial charge in [0.25, 0.3) is 0 Å². The van der Waals surface area contributed by atoms with Crippen LogP contribution in [0.4, 0.5) is 0 Å². The van der Waals surface area contributed by atoms with Gasteiger partial charge in [-0.15, -0.1) is 0 Å². The second kappa shape index (κ2) is 10.9. The largest absolute Gasteiger partial charge is 0.396 e. The maximum Gasteiger partial charge on any atom is 0.0701 e. The van der Waals surface area contributed by atoms with Crippen molar-refractivity contribution in [3.63, 3.8) is 0 Å². The number of aliphatic hydroxyl groups excluding tert-OH is 1. The zero-order valence-corrected chi connectivity index (χ0v) is 9.29. The van der Waals surface area contributed by atoms with Crippen molar-refractivity contribution < 1.29 is 14.6 Å². The second-order valence-electron chi connectivity index (χ2n) is 3.41. The third-order valence-electron chi connectivity index (χ3n) is 1.62. The Labute approximate surface area is 86.6 Å². The van der Waals surface area contributed by atoms with Gasteiger partial charge in [-0.2, -0.15) is 0 Å². The van der Waals surface area contributed by atoms with Crippen molar-refractivity contribution in [1.29, 1.82) is 0 Å². The molecule has 0 amide bonds. The summed E-state index contributed by atoms with van der Waals surface area (Å²) >= 11 is 0. The number of nitrogens with one attached hydrogen (secondary N) is 1. The Morgan fingerprint density at radius 1 is 1.07 bits per heavy atom. The van der Waals surface area contributed by atoms with Crippen LogP contribution in [0.5, 0.6) is 0 Å². The number of rotatable bonds is 10. The molecule has 0 heterocycles. The smallest absolute Gasteiger partial charge is 0.0701 e. The second-order valence-corrected chi connectivity index (χ2v) is 3.41. The third kappa shape index (κ3) is 11.8. The molecule has 0 aliphatic heterocycles. The number of aliphatic hydroxyl groups is 1. The highest BCUT2D eigenvalue weighted by Crippen LogP contribution is 1.82. The molecule has 4 nitrogen and oxygen atoms in total. The van der Waals surface area contributed by atoms with Crippen molar-refractivity contribution >= 4 is 0 Å². The van der Waals surface area contributed by atoms with Crippen molar-refractivity contribution in [3.8, 4) is 0 Å². The van der Waals surface area contributed by atoms with Gasteiger partial charge in [-0.25, -0.2) is 0 Å². The maximum absolute atomic E-state index is 8.47. The molecular weight excluding hydrogens is 182 g/mol. The molecule has 2 N–H and O–H groups in total. The maximum atomic E-state index is 8.47. The van der Waals surface area contributed by atoms with E-state index in [1.165, 1.54) is 0 Å². The lowest BCUT2D eigenvalue weighted by atomic mass is 10.4. The number of ether oxygens (including phenoxy) is 2. The molecule has 0 rings (SSSR count). The summed E-state index contributed by atoms with van der Waals surface area (Å²) in [4.78, 5) is 0. The van der Waals surface area contributed by atoms with Gasteiger partial charge in [0.05, 0.1) is 19.8 Å². The van der Waals surface area contributed by atoms with Gasteiger partial charge in [0.15, 0.2) is 0 Å². The van der Waals surface area contributed by atoms with E-state index in [2.05, 4.69) is 19.2 Å². The Morgan fingerprint density at radius 2 is 1.71 bits per heavy atom. The lowest BCUT2D eigenvalue weighted by molar-refractivity contribution is 0.0433. The first-order chi connectivity index (χ1) is 6.77. The first kappa shape index (κ1) is 13.8. The molecule has 0 bridgehead atoms. The molecule has 0 saturated carbocycles. The van der Waals surface area contributed by atoms with E-state index in [0.29, 0.717) is 32.3 Å². The fourth-order valence-electron chi connectivity index (χ4n) is 0.908. The van der Waals surface area contributed by atoms with E-state index in [0.717, 1.165) is 13.2 Å². The van der Waals surface area contributed by atoms with Gasteiger partial charge in [0.2, 0.25) is 0 Å². The van der Waals surface area contributed by atoms with Crippen molar-refractivity contribution in [2.45, 2.75) is 26.3 Å². The Hall–Kier alpha value is -0.160. The molecule has 0 aromatic carbocycles. The van der Waals surface area contributed by atoms with Crippen LogP contribution in [0, 0.1) is 0 Å². The Bertz CT molecular complexity index is 110. The highest BCUT2D eigenvalue weighted by atomic mass is 16.5. The Balaban J connectivity index is 2.85. The molecule has 0 aliphatic rings. The van der Waals surface area contributed by atoms with Gasteiger partial charge in [0, 0.05) is 25.8 Å². The fourth-order valence-corrected chi connectivity index (χ4v) is 0.908. The van der Waals surface area contributed by atoms with Crippen molar-refractivity contribution in [2.75, 3.05) is 39.6 Å². The quantitative estimate of drug-likeness (QED) is 0.507. The van der Waals surface area contributed by atoms with Crippen LogP contribution in [-0.2, 0) is 9.47 Å². The van der Waals surface area contributed by atoms with E-state index >= 15 is 0 Å². The van der Waals surface area contributed by atoms with Crippen LogP contribution in [0.3, 0.4) is 0 Å². The normalized spacial score (nSPS) is 11.1. The van der Waals surface area contributed by atoms with Gasteiger partial charge in [0.1, 0.15) is 0 Å². The van der Waals surface area contributed by atoms with Crippen LogP contribution in [0.2, 0.25) is 0 Å². The molecule has 0 aromatic rings. The van der Waals surface area contributed by atoms with E-state index < -0.39 is 0 Å². The van der Waals surface area contributed by atoms with Crippen LogP contribution in [0.1, 0.15) is 20.3 Å². The highest BCUT2D eigenvalue weighted by molar-refractivity contribution is 4.50. The number of hydrogen-bond acceptors (Lipinski definition) is 4. The molecular formula is C10H23NO3. The van der Waals surface area contributed by atoms with Crippen LogP contribution < -0.4 is 5.32 Å². The average molecular weight is 205 g/mol. The lowest BCUT2D eigenvalue weighted by Crippen LogP contribution is -2.27. The zero-order chi connectivity index (χ0) is 10.6.